The maximum Gasteiger partial charge on any atom is 0.137 e. The van der Waals surface area contributed by atoms with Crippen LogP contribution in [-0.4, -0.2) is 5.75 Å². The van der Waals surface area contributed by atoms with Crippen LogP contribution in [0.15, 0.2) is 23.1 Å². The van der Waals surface area contributed by atoms with Gasteiger partial charge in [0.05, 0.1) is 0 Å². The van der Waals surface area contributed by atoms with Gasteiger partial charge in [0.25, 0.3) is 0 Å². The summed E-state index contributed by atoms with van der Waals surface area (Å²) in [5, 5.41) is 0. The molecule has 14 heavy (non-hydrogen) atoms. The van der Waals surface area contributed by atoms with E-state index in [0.29, 0.717) is 0 Å². The summed E-state index contributed by atoms with van der Waals surface area (Å²) in [6.45, 7) is 3.94. The van der Waals surface area contributed by atoms with E-state index in [9.17, 15) is 4.39 Å². The fourth-order valence-electron chi connectivity index (χ4n) is 1.13. The van der Waals surface area contributed by atoms with Crippen molar-refractivity contribution < 1.29 is 4.39 Å². The van der Waals surface area contributed by atoms with Gasteiger partial charge in [-0.25, -0.2) is 4.39 Å². The van der Waals surface area contributed by atoms with E-state index < -0.39 is 0 Å². The normalized spacial score (nSPS) is 12.9. The van der Waals surface area contributed by atoms with Crippen LogP contribution >= 0.6 is 11.8 Å². The van der Waals surface area contributed by atoms with Gasteiger partial charge >= 0.3 is 0 Å². The van der Waals surface area contributed by atoms with Gasteiger partial charge in [0.1, 0.15) is 5.82 Å². The largest absolute Gasteiger partial charge is 0.324 e. The highest BCUT2D eigenvalue weighted by molar-refractivity contribution is 7.99. The van der Waals surface area contributed by atoms with Gasteiger partial charge in [0.2, 0.25) is 0 Å². The first kappa shape index (κ1) is 11.5. The molecule has 0 radical (unpaired) electrons. The molecule has 0 amide bonds. The highest BCUT2D eigenvalue weighted by Crippen LogP contribution is 2.24. The van der Waals surface area contributed by atoms with Crippen molar-refractivity contribution in [3.05, 3.63) is 29.6 Å². The molecule has 1 aromatic carbocycles. The second-order valence-electron chi connectivity index (χ2n) is 3.33. The molecule has 0 spiro atoms. The molecule has 0 bridgehead atoms. The van der Waals surface area contributed by atoms with Crippen LogP contribution in [-0.2, 0) is 0 Å². The Balaban J connectivity index is 2.79. The maximum absolute atomic E-state index is 13.5. The molecule has 1 nitrogen and oxygen atoms in total. The Bertz CT molecular complexity index is 299. The molecule has 78 valence electrons. The number of hydrogen-bond donors (Lipinski definition) is 1. The molecular formula is C11H16FNS. The predicted molar refractivity (Wildman–Crippen MR) is 60.0 cm³/mol. The Morgan fingerprint density at radius 3 is 2.71 bits per heavy atom. The lowest BCUT2D eigenvalue weighted by Gasteiger charge is -2.07. The first-order valence-corrected chi connectivity index (χ1v) is 5.81. The SMILES string of the molecule is CCCSc1ccc([C@@H](C)N)cc1F. The van der Waals surface area contributed by atoms with Crippen molar-refractivity contribution >= 4 is 11.8 Å². The van der Waals surface area contributed by atoms with E-state index in [2.05, 4.69) is 6.92 Å². The lowest BCUT2D eigenvalue weighted by molar-refractivity contribution is 0.596. The van der Waals surface area contributed by atoms with E-state index in [1.807, 2.05) is 19.1 Å². The fourth-order valence-corrected chi connectivity index (χ4v) is 1.91. The Labute approximate surface area is 88.9 Å². The first-order valence-electron chi connectivity index (χ1n) is 4.83. The summed E-state index contributed by atoms with van der Waals surface area (Å²) >= 11 is 1.55. The minimum atomic E-state index is -0.154. The number of hydrogen-bond acceptors (Lipinski definition) is 2. The van der Waals surface area contributed by atoms with Crippen molar-refractivity contribution in [2.24, 2.45) is 5.73 Å². The zero-order valence-corrected chi connectivity index (χ0v) is 9.40. The molecule has 0 saturated carbocycles. The van der Waals surface area contributed by atoms with Gasteiger partial charge in [-0.3, -0.25) is 0 Å². The van der Waals surface area contributed by atoms with Crippen molar-refractivity contribution in [3.63, 3.8) is 0 Å². The minimum absolute atomic E-state index is 0.102. The van der Waals surface area contributed by atoms with Crippen LogP contribution in [0.1, 0.15) is 31.9 Å². The molecule has 0 aliphatic heterocycles. The Kier molecular flexibility index (Phi) is 4.42. The smallest absolute Gasteiger partial charge is 0.137 e. The summed E-state index contributed by atoms with van der Waals surface area (Å²) in [4.78, 5) is 0.719. The molecule has 0 unspecified atom stereocenters. The van der Waals surface area contributed by atoms with Crippen LogP contribution in [0.25, 0.3) is 0 Å². The zero-order chi connectivity index (χ0) is 10.6. The van der Waals surface area contributed by atoms with Crippen LogP contribution < -0.4 is 5.73 Å². The van der Waals surface area contributed by atoms with E-state index in [0.717, 1.165) is 22.6 Å². The van der Waals surface area contributed by atoms with Crippen molar-refractivity contribution in [3.8, 4) is 0 Å². The van der Waals surface area contributed by atoms with Crippen molar-refractivity contribution in [2.75, 3.05) is 5.75 Å². The van der Waals surface area contributed by atoms with E-state index in [-0.39, 0.29) is 11.9 Å². The van der Waals surface area contributed by atoms with Crippen molar-refractivity contribution in [2.45, 2.75) is 31.2 Å². The predicted octanol–water partition coefficient (Wildman–Crippen LogP) is 3.35. The molecule has 1 aromatic rings. The standard InChI is InChI=1S/C11H16FNS/c1-3-6-14-11-5-4-9(8(2)13)7-10(11)12/h4-5,7-8H,3,6,13H2,1-2H3/t8-/m1/s1. The van der Waals surface area contributed by atoms with Crippen LogP contribution in [0.5, 0.6) is 0 Å². The van der Waals surface area contributed by atoms with Gasteiger partial charge in [0.15, 0.2) is 0 Å². The van der Waals surface area contributed by atoms with Gasteiger partial charge in [0, 0.05) is 10.9 Å². The third-order valence-corrected chi connectivity index (χ3v) is 3.20. The summed E-state index contributed by atoms with van der Waals surface area (Å²) < 4.78 is 13.5. The van der Waals surface area contributed by atoms with E-state index in [1.165, 1.54) is 6.07 Å². The van der Waals surface area contributed by atoms with Crippen LogP contribution in [0.3, 0.4) is 0 Å². The second-order valence-corrected chi connectivity index (χ2v) is 4.46. The Morgan fingerprint density at radius 1 is 1.50 bits per heavy atom. The highest BCUT2D eigenvalue weighted by Gasteiger charge is 2.05. The summed E-state index contributed by atoms with van der Waals surface area (Å²) in [6.07, 6.45) is 1.05. The molecule has 0 aromatic heterocycles. The monoisotopic (exact) mass is 213 g/mol. The summed E-state index contributed by atoms with van der Waals surface area (Å²) in [5.74, 6) is 0.798. The number of benzene rings is 1. The molecule has 0 aliphatic rings. The molecule has 1 rings (SSSR count). The van der Waals surface area contributed by atoms with Gasteiger partial charge < -0.3 is 5.73 Å². The third kappa shape index (κ3) is 3.00. The molecule has 0 fully saturated rings. The average molecular weight is 213 g/mol. The van der Waals surface area contributed by atoms with Crippen molar-refractivity contribution in [1.29, 1.82) is 0 Å². The Morgan fingerprint density at radius 2 is 2.21 bits per heavy atom. The molecule has 2 N–H and O–H groups in total. The number of nitrogens with two attached hydrogens (primary N) is 1. The summed E-state index contributed by atoms with van der Waals surface area (Å²) in [6, 6.07) is 5.14. The second kappa shape index (κ2) is 5.37. The van der Waals surface area contributed by atoms with Crippen LogP contribution in [0.4, 0.5) is 4.39 Å². The van der Waals surface area contributed by atoms with Crippen LogP contribution in [0.2, 0.25) is 0 Å². The van der Waals surface area contributed by atoms with E-state index >= 15 is 0 Å². The molecule has 0 saturated heterocycles. The quantitative estimate of drug-likeness (QED) is 0.776. The molecule has 1 atom stereocenters. The van der Waals surface area contributed by atoms with Crippen LogP contribution in [0, 0.1) is 5.82 Å². The zero-order valence-electron chi connectivity index (χ0n) is 8.59. The third-order valence-electron chi connectivity index (χ3n) is 1.94. The number of halogens is 1. The number of thioether (sulfide) groups is 1. The maximum atomic E-state index is 13.5. The average Bonchev–Trinajstić information content (AvgIpc) is 2.15. The fraction of sp³-hybridized carbons (Fsp3) is 0.455. The summed E-state index contributed by atoms with van der Waals surface area (Å²) in [7, 11) is 0. The first-order chi connectivity index (χ1) is 6.65. The molecule has 0 aliphatic carbocycles. The van der Waals surface area contributed by atoms with Gasteiger partial charge in [-0.05, 0) is 36.8 Å². The highest BCUT2D eigenvalue weighted by atomic mass is 32.2. The van der Waals surface area contributed by atoms with Gasteiger partial charge in [-0.1, -0.05) is 13.0 Å². The minimum Gasteiger partial charge on any atom is -0.324 e. The van der Waals surface area contributed by atoms with Gasteiger partial charge in [-0.15, -0.1) is 11.8 Å². The number of rotatable bonds is 4. The van der Waals surface area contributed by atoms with E-state index in [1.54, 1.807) is 11.8 Å². The van der Waals surface area contributed by atoms with Gasteiger partial charge in [-0.2, -0.15) is 0 Å². The molecule has 3 heteroatoms. The van der Waals surface area contributed by atoms with Crippen molar-refractivity contribution in [1.82, 2.24) is 0 Å². The molecular weight excluding hydrogens is 197 g/mol. The van der Waals surface area contributed by atoms with E-state index in [4.69, 9.17) is 5.73 Å². The molecule has 0 heterocycles. The Hall–Kier alpha value is -0.540. The topological polar surface area (TPSA) is 26.0 Å². The summed E-state index contributed by atoms with van der Waals surface area (Å²) in [5.41, 5.74) is 6.51. The lowest BCUT2D eigenvalue weighted by atomic mass is 10.1. The lowest BCUT2D eigenvalue weighted by Crippen LogP contribution is -2.05.